The van der Waals surface area contributed by atoms with Crippen molar-refractivity contribution in [1.82, 2.24) is 26.1 Å². The zero-order valence-corrected chi connectivity index (χ0v) is 27.7. The zero-order valence-electron chi connectivity index (χ0n) is 27.7. The summed E-state index contributed by atoms with van der Waals surface area (Å²) >= 11 is 0. The van der Waals surface area contributed by atoms with E-state index >= 15 is 0 Å². The number of hydrazine groups is 1. The first-order chi connectivity index (χ1) is 21.7. The van der Waals surface area contributed by atoms with Crippen molar-refractivity contribution in [2.45, 2.75) is 92.0 Å². The molecule has 12 heteroatoms. The predicted octanol–water partition coefficient (Wildman–Crippen LogP) is 3.24. The van der Waals surface area contributed by atoms with Gasteiger partial charge in [0.2, 0.25) is 11.8 Å². The second kappa shape index (κ2) is 16.3. The highest BCUT2D eigenvalue weighted by Gasteiger charge is 2.34. The summed E-state index contributed by atoms with van der Waals surface area (Å²) in [6.45, 7) is 12.4. The van der Waals surface area contributed by atoms with Gasteiger partial charge in [-0.15, -0.1) is 0 Å². The van der Waals surface area contributed by atoms with E-state index in [-0.39, 0.29) is 5.92 Å². The number of ether oxygens (including phenoxy) is 1. The smallest absolute Gasteiger partial charge is 0.322 e. The van der Waals surface area contributed by atoms with Gasteiger partial charge in [-0.05, 0) is 56.7 Å². The number of amides is 3. The van der Waals surface area contributed by atoms with E-state index in [1.807, 2.05) is 37.3 Å². The molecule has 46 heavy (non-hydrogen) atoms. The molecular weight excluding hydrogens is 590 g/mol. The number of carbonyl (C=O) groups excluding carboxylic acids is 4. The Labute approximate surface area is 270 Å². The number of aliphatic carboxylic acids is 1. The number of carbonyl (C=O) groups is 5. The summed E-state index contributed by atoms with van der Waals surface area (Å²) in [7, 11) is 0. The van der Waals surface area contributed by atoms with Gasteiger partial charge in [0.15, 0.2) is 0 Å². The molecule has 1 fully saturated rings. The zero-order chi connectivity index (χ0) is 34.1. The molecule has 1 aromatic carbocycles. The van der Waals surface area contributed by atoms with Crippen molar-refractivity contribution in [3.8, 4) is 0 Å². The van der Waals surface area contributed by atoms with Crippen LogP contribution in [0.25, 0.3) is 17.0 Å². The van der Waals surface area contributed by atoms with Crippen LogP contribution in [0.5, 0.6) is 0 Å². The van der Waals surface area contributed by atoms with Crippen molar-refractivity contribution in [2.75, 3.05) is 6.54 Å². The third-order valence-electron chi connectivity index (χ3n) is 7.94. The number of rotatable bonds is 13. The fourth-order valence-corrected chi connectivity index (χ4v) is 5.05. The second-order valence-electron chi connectivity index (χ2n) is 12.4. The summed E-state index contributed by atoms with van der Waals surface area (Å²) in [5.41, 5.74) is 5.28. The van der Waals surface area contributed by atoms with Gasteiger partial charge in [0.05, 0.1) is 17.4 Å². The van der Waals surface area contributed by atoms with Crippen LogP contribution in [0.1, 0.15) is 72.6 Å². The van der Waals surface area contributed by atoms with Crippen molar-refractivity contribution < 1.29 is 33.8 Å². The molecule has 3 rings (SSSR count). The molecule has 2 heterocycles. The molecule has 0 aliphatic carbocycles. The van der Waals surface area contributed by atoms with E-state index < -0.39 is 65.7 Å². The van der Waals surface area contributed by atoms with Gasteiger partial charge in [-0.2, -0.15) is 0 Å². The third-order valence-corrected chi connectivity index (χ3v) is 7.94. The number of pyridine rings is 1. The van der Waals surface area contributed by atoms with Crippen LogP contribution in [0, 0.1) is 17.8 Å². The summed E-state index contributed by atoms with van der Waals surface area (Å²) in [6, 6.07) is 6.89. The van der Waals surface area contributed by atoms with Gasteiger partial charge in [0.25, 0.3) is 5.91 Å². The molecule has 3 amide bonds. The highest BCUT2D eigenvalue weighted by atomic mass is 16.5. The molecule has 0 saturated carbocycles. The number of carboxylic acids is 1. The van der Waals surface area contributed by atoms with Crippen LogP contribution in [0.3, 0.4) is 0 Å². The van der Waals surface area contributed by atoms with Crippen molar-refractivity contribution >= 4 is 46.6 Å². The van der Waals surface area contributed by atoms with E-state index in [1.54, 1.807) is 46.8 Å². The van der Waals surface area contributed by atoms with Crippen molar-refractivity contribution in [3.05, 3.63) is 47.7 Å². The van der Waals surface area contributed by atoms with Crippen LogP contribution in [0.4, 0.5) is 0 Å². The fourth-order valence-electron chi connectivity index (χ4n) is 5.05. The van der Waals surface area contributed by atoms with E-state index in [2.05, 4.69) is 21.0 Å². The summed E-state index contributed by atoms with van der Waals surface area (Å²) in [5.74, 6) is -4.79. The Hall–Kier alpha value is -4.32. The lowest BCUT2D eigenvalue weighted by Crippen LogP contribution is -2.61. The fraction of sp³-hybridized carbons (Fsp3) is 0.529. The third kappa shape index (κ3) is 9.59. The molecule has 1 saturated heterocycles. The van der Waals surface area contributed by atoms with Gasteiger partial charge in [-0.3, -0.25) is 34.0 Å². The first-order valence-corrected chi connectivity index (χ1v) is 15.9. The lowest BCUT2D eigenvalue weighted by Gasteiger charge is -2.34. The van der Waals surface area contributed by atoms with Gasteiger partial charge in [-0.25, -0.2) is 5.43 Å². The Balaban J connectivity index is 1.79. The molecule has 250 valence electrons. The van der Waals surface area contributed by atoms with Crippen LogP contribution < -0.4 is 16.1 Å². The van der Waals surface area contributed by atoms with Crippen LogP contribution in [-0.2, 0) is 35.1 Å². The van der Waals surface area contributed by atoms with E-state index in [4.69, 9.17) is 4.74 Å². The van der Waals surface area contributed by atoms with Crippen LogP contribution in [-0.4, -0.2) is 75.5 Å². The summed E-state index contributed by atoms with van der Waals surface area (Å²) in [6.07, 6.45) is 4.27. The Morgan fingerprint density at radius 2 is 1.74 bits per heavy atom. The number of aryl methyl sites for hydroxylation is 1. The van der Waals surface area contributed by atoms with E-state index in [0.717, 1.165) is 28.6 Å². The molecule has 0 spiro atoms. The minimum absolute atomic E-state index is 0.307. The summed E-state index contributed by atoms with van der Waals surface area (Å²) in [5, 5.41) is 17.0. The normalized spacial score (nSPS) is 17.8. The van der Waals surface area contributed by atoms with Gasteiger partial charge in [0.1, 0.15) is 24.2 Å². The number of esters is 1. The van der Waals surface area contributed by atoms with Crippen LogP contribution in [0.15, 0.2) is 36.4 Å². The van der Waals surface area contributed by atoms with Crippen molar-refractivity contribution in [2.24, 2.45) is 17.8 Å². The largest absolute Gasteiger partial charge is 0.480 e. The lowest BCUT2D eigenvalue weighted by atomic mass is 9.97. The average Bonchev–Trinajstić information content (AvgIpc) is 3.02. The Morgan fingerprint density at radius 3 is 2.37 bits per heavy atom. The number of nitrogens with one attached hydrogen (secondary N) is 3. The van der Waals surface area contributed by atoms with Gasteiger partial charge >= 0.3 is 11.9 Å². The first-order valence-electron chi connectivity index (χ1n) is 15.9. The van der Waals surface area contributed by atoms with E-state index in [0.29, 0.717) is 19.4 Å². The maximum atomic E-state index is 13.8. The first kappa shape index (κ1) is 36.2. The number of hydrogen-bond acceptors (Lipinski definition) is 8. The number of carboxylic acid groups (broad SMARTS) is 1. The minimum atomic E-state index is -1.06. The molecule has 1 aliphatic heterocycles. The molecular formula is C34H47N5O7. The SMILES string of the molecule is CCc1ccc2ccc(/C=C/[C@@H](C(=O)N[C@H](C(=O)N[C@@H](C)C(=O)N3CCC[C@@H](C(=O)O)N3)C(C)C)[C@H](C)OC(=O)C(C)C)cc2n1. The predicted molar refractivity (Wildman–Crippen MR) is 174 cm³/mol. The Bertz CT molecular complexity index is 1460. The van der Waals surface area contributed by atoms with Gasteiger partial charge < -0.3 is 20.5 Å². The molecule has 12 nitrogen and oxygen atoms in total. The monoisotopic (exact) mass is 637 g/mol. The Morgan fingerprint density at radius 1 is 1.04 bits per heavy atom. The number of nitrogens with zero attached hydrogens (tertiary/aromatic N) is 2. The number of hydrogen-bond donors (Lipinski definition) is 4. The van der Waals surface area contributed by atoms with Gasteiger partial charge in [-0.1, -0.05) is 65.0 Å². The summed E-state index contributed by atoms with van der Waals surface area (Å²) in [4.78, 5) is 68.7. The highest BCUT2D eigenvalue weighted by Crippen LogP contribution is 2.20. The molecule has 0 radical (unpaired) electrons. The number of aromatic nitrogens is 1. The molecule has 0 unspecified atom stereocenters. The van der Waals surface area contributed by atoms with Crippen LogP contribution >= 0.6 is 0 Å². The highest BCUT2D eigenvalue weighted by molar-refractivity contribution is 5.93. The maximum absolute atomic E-state index is 13.8. The van der Waals surface area contributed by atoms with Gasteiger partial charge in [0, 0.05) is 17.6 Å². The van der Waals surface area contributed by atoms with E-state index in [9.17, 15) is 29.1 Å². The van der Waals surface area contributed by atoms with Crippen molar-refractivity contribution in [3.63, 3.8) is 0 Å². The quantitative estimate of drug-likeness (QED) is 0.241. The van der Waals surface area contributed by atoms with Crippen LogP contribution in [0.2, 0.25) is 0 Å². The topological polar surface area (TPSA) is 167 Å². The molecule has 2 aromatic rings. The number of benzene rings is 1. The average molecular weight is 638 g/mol. The molecule has 5 atom stereocenters. The number of fused-ring (bicyclic) bond motifs is 1. The minimum Gasteiger partial charge on any atom is -0.480 e. The second-order valence-corrected chi connectivity index (χ2v) is 12.4. The molecule has 1 aromatic heterocycles. The maximum Gasteiger partial charge on any atom is 0.322 e. The lowest BCUT2D eigenvalue weighted by molar-refractivity contribution is -0.155. The standard InChI is InChI=1S/C34H47N5O7/c1-8-25-15-14-24-13-11-23(18-28(24)36-25)12-16-26(22(7)46-34(45)20(4)5)30(40)37-29(19(2)3)31(41)35-21(6)32(42)39-17-9-10-27(38-39)33(43)44/h11-16,18-22,26-27,29,38H,8-10,17H2,1-7H3,(H,35,41)(H,37,40)(H,43,44)/b16-12+/t21-,22-,26+,27-,29-/m0/s1. The Kier molecular flexibility index (Phi) is 12.8. The summed E-state index contributed by atoms with van der Waals surface area (Å²) < 4.78 is 5.61. The molecule has 0 bridgehead atoms. The molecule has 4 N–H and O–H groups in total. The van der Waals surface area contributed by atoms with E-state index in [1.165, 1.54) is 11.9 Å². The molecule has 1 aliphatic rings. The van der Waals surface area contributed by atoms with Crippen molar-refractivity contribution in [1.29, 1.82) is 0 Å².